The van der Waals surface area contributed by atoms with Crippen molar-refractivity contribution in [2.45, 2.75) is 39.7 Å². The number of hydrogen-bond acceptors (Lipinski definition) is 2. The zero-order valence-electron chi connectivity index (χ0n) is 11.0. The monoisotopic (exact) mass is 220 g/mol. The highest BCUT2D eigenvalue weighted by Gasteiger charge is 1.98. The van der Waals surface area contributed by atoms with Crippen molar-refractivity contribution in [3.8, 4) is 0 Å². The Bertz CT molecular complexity index is 307. The van der Waals surface area contributed by atoms with Crippen molar-refractivity contribution in [3.05, 3.63) is 35.5 Å². The summed E-state index contributed by atoms with van der Waals surface area (Å²) in [5, 5.41) is 0. The van der Waals surface area contributed by atoms with Gasteiger partial charge in [-0.25, -0.2) is 0 Å². The summed E-state index contributed by atoms with van der Waals surface area (Å²) in [7, 11) is 1.79. The van der Waals surface area contributed by atoms with Crippen LogP contribution >= 0.6 is 0 Å². The van der Waals surface area contributed by atoms with Gasteiger partial charge in [0.25, 0.3) is 0 Å². The average molecular weight is 220 g/mol. The third kappa shape index (κ3) is 5.66. The molecule has 0 radical (unpaired) electrons. The van der Waals surface area contributed by atoms with Crippen molar-refractivity contribution in [1.29, 1.82) is 0 Å². The summed E-state index contributed by atoms with van der Waals surface area (Å²) in [6.07, 6.45) is 7.96. The Morgan fingerprint density at radius 2 is 2.12 bits per heavy atom. The molecule has 0 saturated heterocycles. The molecule has 0 rings (SSSR count). The molecule has 0 bridgehead atoms. The minimum Gasteiger partial charge on any atom is -0.324 e. The summed E-state index contributed by atoms with van der Waals surface area (Å²) in [4.78, 5) is 4.06. The Balaban J connectivity index is 4.54. The van der Waals surface area contributed by atoms with Crippen molar-refractivity contribution in [2.75, 3.05) is 7.05 Å². The second kappa shape index (κ2) is 8.05. The van der Waals surface area contributed by atoms with Crippen LogP contribution in [0.1, 0.15) is 33.6 Å². The van der Waals surface area contributed by atoms with Crippen molar-refractivity contribution >= 4 is 6.21 Å². The van der Waals surface area contributed by atoms with Crippen LogP contribution in [0.15, 0.2) is 40.4 Å². The maximum Gasteiger partial charge on any atom is 0.0280 e. The topological polar surface area (TPSA) is 38.4 Å². The lowest BCUT2D eigenvalue weighted by Crippen LogP contribution is -2.16. The summed E-state index contributed by atoms with van der Waals surface area (Å²) >= 11 is 0. The van der Waals surface area contributed by atoms with E-state index < -0.39 is 0 Å². The zero-order chi connectivity index (χ0) is 12.6. The van der Waals surface area contributed by atoms with Crippen molar-refractivity contribution in [1.82, 2.24) is 0 Å². The first-order chi connectivity index (χ1) is 7.52. The van der Waals surface area contributed by atoms with Gasteiger partial charge in [0.05, 0.1) is 0 Å². The third-order valence-electron chi connectivity index (χ3n) is 2.61. The van der Waals surface area contributed by atoms with Crippen LogP contribution in [-0.2, 0) is 0 Å². The highest BCUT2D eigenvalue weighted by atomic mass is 14.6. The maximum absolute atomic E-state index is 5.73. The Labute approximate surface area is 99.6 Å². The highest BCUT2D eigenvalue weighted by molar-refractivity contribution is 5.83. The molecule has 90 valence electrons. The fraction of sp³-hybridized carbons (Fsp3) is 0.500. The molecule has 2 N–H and O–H groups in total. The molecule has 2 heteroatoms. The molecule has 0 aliphatic rings. The lowest BCUT2D eigenvalue weighted by molar-refractivity contribution is 0.839. The molecule has 0 saturated carbocycles. The average Bonchev–Trinajstić information content (AvgIpc) is 2.26. The molecule has 0 aliphatic heterocycles. The molecule has 0 aromatic rings. The SMILES string of the molecule is C=C(C/C=C/C(/C=N\C)=C(/C)CC)C(C)N. The highest BCUT2D eigenvalue weighted by Crippen LogP contribution is 2.10. The van der Waals surface area contributed by atoms with Gasteiger partial charge in [-0.15, -0.1) is 0 Å². The minimum absolute atomic E-state index is 0.0594. The van der Waals surface area contributed by atoms with Crippen LogP contribution in [0.4, 0.5) is 0 Å². The van der Waals surface area contributed by atoms with Crippen LogP contribution < -0.4 is 5.73 Å². The first kappa shape index (κ1) is 14.8. The molecule has 0 heterocycles. The fourth-order valence-corrected chi connectivity index (χ4v) is 1.16. The van der Waals surface area contributed by atoms with Gasteiger partial charge in [-0.2, -0.15) is 0 Å². The predicted octanol–water partition coefficient (Wildman–Crippen LogP) is 3.26. The molecular weight excluding hydrogens is 196 g/mol. The smallest absolute Gasteiger partial charge is 0.0280 e. The normalized spacial score (nSPS) is 15.6. The van der Waals surface area contributed by atoms with E-state index in [-0.39, 0.29) is 6.04 Å². The van der Waals surface area contributed by atoms with E-state index in [0.29, 0.717) is 0 Å². The van der Waals surface area contributed by atoms with E-state index in [1.54, 1.807) is 7.05 Å². The van der Waals surface area contributed by atoms with Crippen molar-refractivity contribution in [2.24, 2.45) is 10.7 Å². The van der Waals surface area contributed by atoms with Gasteiger partial charge in [-0.1, -0.05) is 36.8 Å². The Hall–Kier alpha value is -1.15. The Kier molecular flexibility index (Phi) is 7.48. The number of hydrogen-bond donors (Lipinski definition) is 1. The van der Waals surface area contributed by atoms with E-state index in [4.69, 9.17) is 5.73 Å². The van der Waals surface area contributed by atoms with Gasteiger partial charge in [-0.05, 0) is 32.3 Å². The van der Waals surface area contributed by atoms with Gasteiger partial charge in [-0.3, -0.25) is 4.99 Å². The van der Waals surface area contributed by atoms with E-state index in [1.165, 1.54) is 11.1 Å². The third-order valence-corrected chi connectivity index (χ3v) is 2.61. The molecule has 0 aromatic heterocycles. The summed E-state index contributed by atoms with van der Waals surface area (Å²) in [6, 6.07) is 0.0594. The van der Waals surface area contributed by atoms with Gasteiger partial charge in [0.1, 0.15) is 0 Å². The number of nitrogens with two attached hydrogens (primary N) is 1. The molecule has 0 amide bonds. The lowest BCUT2D eigenvalue weighted by atomic mass is 10.0. The number of nitrogens with zero attached hydrogens (tertiary/aromatic N) is 1. The quantitative estimate of drug-likeness (QED) is 0.416. The second-order valence-electron chi connectivity index (χ2n) is 4.03. The van der Waals surface area contributed by atoms with Crippen LogP contribution in [0.3, 0.4) is 0 Å². The van der Waals surface area contributed by atoms with Crippen LogP contribution in [0.5, 0.6) is 0 Å². The molecule has 1 atom stereocenters. The van der Waals surface area contributed by atoms with E-state index >= 15 is 0 Å². The van der Waals surface area contributed by atoms with E-state index in [9.17, 15) is 0 Å². The molecule has 0 spiro atoms. The van der Waals surface area contributed by atoms with Crippen LogP contribution in [0.2, 0.25) is 0 Å². The van der Waals surface area contributed by atoms with Crippen LogP contribution in [0, 0.1) is 0 Å². The summed E-state index contributed by atoms with van der Waals surface area (Å²) in [6.45, 7) is 10.2. The maximum atomic E-state index is 5.73. The van der Waals surface area contributed by atoms with Gasteiger partial charge >= 0.3 is 0 Å². The predicted molar refractivity (Wildman–Crippen MR) is 74.0 cm³/mol. The standard InChI is InChI=1S/C14H24N2/c1-6-11(2)14(10-16-5)9-7-8-12(3)13(4)15/h7,9-10,13H,3,6,8,15H2,1-2,4-5H3/b9-7+,14-11+,16-10-. The summed E-state index contributed by atoms with van der Waals surface area (Å²) in [5.74, 6) is 0. The Morgan fingerprint density at radius 1 is 1.50 bits per heavy atom. The number of rotatable bonds is 6. The molecule has 0 fully saturated rings. The largest absolute Gasteiger partial charge is 0.324 e. The first-order valence-electron chi connectivity index (χ1n) is 5.74. The van der Waals surface area contributed by atoms with E-state index in [2.05, 4.69) is 37.6 Å². The molecule has 16 heavy (non-hydrogen) atoms. The Morgan fingerprint density at radius 3 is 2.56 bits per heavy atom. The van der Waals surface area contributed by atoms with E-state index in [1.807, 2.05) is 13.1 Å². The van der Waals surface area contributed by atoms with Gasteiger partial charge in [0, 0.05) is 19.3 Å². The minimum atomic E-state index is 0.0594. The molecule has 0 aromatic carbocycles. The lowest BCUT2D eigenvalue weighted by Gasteiger charge is -2.06. The fourth-order valence-electron chi connectivity index (χ4n) is 1.16. The zero-order valence-corrected chi connectivity index (χ0v) is 11.0. The van der Waals surface area contributed by atoms with Gasteiger partial charge in [0.15, 0.2) is 0 Å². The molecule has 1 unspecified atom stereocenters. The number of aliphatic imine (C=N–C) groups is 1. The van der Waals surface area contributed by atoms with Crippen molar-refractivity contribution < 1.29 is 0 Å². The van der Waals surface area contributed by atoms with Gasteiger partial charge in [0.2, 0.25) is 0 Å². The van der Waals surface area contributed by atoms with Crippen LogP contribution in [0.25, 0.3) is 0 Å². The second-order valence-corrected chi connectivity index (χ2v) is 4.03. The number of allylic oxidation sites excluding steroid dienone is 4. The summed E-state index contributed by atoms with van der Waals surface area (Å²) in [5.41, 5.74) is 9.30. The summed E-state index contributed by atoms with van der Waals surface area (Å²) < 4.78 is 0. The van der Waals surface area contributed by atoms with Crippen LogP contribution in [-0.4, -0.2) is 19.3 Å². The molecular formula is C14H24N2. The first-order valence-corrected chi connectivity index (χ1v) is 5.74. The van der Waals surface area contributed by atoms with E-state index in [0.717, 1.165) is 18.4 Å². The molecule has 2 nitrogen and oxygen atoms in total. The molecule has 0 aliphatic carbocycles. The van der Waals surface area contributed by atoms with Crippen molar-refractivity contribution in [3.63, 3.8) is 0 Å². The van der Waals surface area contributed by atoms with Gasteiger partial charge < -0.3 is 5.73 Å².